The largest absolute Gasteiger partial charge is 0.368 e. The van der Waals surface area contributed by atoms with Crippen LogP contribution in [0.3, 0.4) is 0 Å². The molecule has 0 aromatic heterocycles. The van der Waals surface area contributed by atoms with Crippen LogP contribution < -0.4 is 14.9 Å². The van der Waals surface area contributed by atoms with Crippen molar-refractivity contribution in [3.63, 3.8) is 0 Å². The lowest BCUT2D eigenvalue weighted by atomic mass is 10.2. The van der Waals surface area contributed by atoms with E-state index in [1.54, 1.807) is 18.2 Å². The molecule has 1 heterocycles. The highest BCUT2D eigenvalue weighted by atomic mass is 32.2. The summed E-state index contributed by atoms with van der Waals surface area (Å²) in [6, 6.07) is 17.4. The molecule has 0 bridgehead atoms. The fourth-order valence-corrected chi connectivity index (χ4v) is 4.14. The molecule has 29 heavy (non-hydrogen) atoms. The summed E-state index contributed by atoms with van der Waals surface area (Å²) >= 11 is 0. The Morgan fingerprint density at radius 1 is 1.03 bits per heavy atom. The van der Waals surface area contributed by atoms with Crippen molar-refractivity contribution < 1.29 is 8.42 Å². The van der Waals surface area contributed by atoms with Crippen molar-refractivity contribution in [1.29, 1.82) is 0 Å². The van der Waals surface area contributed by atoms with Gasteiger partial charge in [0.05, 0.1) is 11.4 Å². The summed E-state index contributed by atoms with van der Waals surface area (Å²) in [6.45, 7) is 6.90. The van der Waals surface area contributed by atoms with E-state index < -0.39 is 10.0 Å². The average Bonchev–Trinajstić information content (AvgIpc) is 2.77. The maximum atomic E-state index is 12.0. The molecule has 0 amide bonds. The zero-order valence-corrected chi connectivity index (χ0v) is 17.8. The van der Waals surface area contributed by atoms with Gasteiger partial charge in [0, 0.05) is 38.4 Å². The Balaban J connectivity index is 1.67. The lowest BCUT2D eigenvalue weighted by Crippen LogP contribution is -2.52. The number of anilines is 1. The number of hydrogen-bond acceptors (Lipinski definition) is 4. The van der Waals surface area contributed by atoms with Gasteiger partial charge in [-0.15, -0.1) is 0 Å². The number of nitrogens with zero attached hydrogens (tertiary/aromatic N) is 3. The van der Waals surface area contributed by atoms with Gasteiger partial charge in [0.25, 0.3) is 0 Å². The molecular formula is C21H29N5O2S. The zero-order valence-electron chi connectivity index (χ0n) is 17.0. The van der Waals surface area contributed by atoms with Crippen molar-refractivity contribution in [3.8, 4) is 0 Å². The first-order valence-corrected chi connectivity index (χ1v) is 11.4. The summed E-state index contributed by atoms with van der Waals surface area (Å²) in [5.41, 5.74) is 2.11. The SMILES string of the molecule is CCNC(=NCc1cccc(S(=O)(=O)NC)c1)N1CCN(c2ccccc2)CC1. The maximum absolute atomic E-state index is 12.0. The Morgan fingerprint density at radius 2 is 1.76 bits per heavy atom. The molecule has 0 saturated carbocycles. The molecule has 0 aliphatic carbocycles. The van der Waals surface area contributed by atoms with Crippen LogP contribution >= 0.6 is 0 Å². The first-order chi connectivity index (χ1) is 14.0. The fourth-order valence-electron chi connectivity index (χ4n) is 3.34. The van der Waals surface area contributed by atoms with Gasteiger partial charge in [-0.1, -0.05) is 30.3 Å². The van der Waals surface area contributed by atoms with E-state index >= 15 is 0 Å². The van der Waals surface area contributed by atoms with Crippen molar-refractivity contribution in [3.05, 3.63) is 60.2 Å². The monoisotopic (exact) mass is 415 g/mol. The number of nitrogens with one attached hydrogen (secondary N) is 2. The minimum atomic E-state index is -3.45. The molecule has 3 rings (SSSR count). The molecule has 2 aromatic carbocycles. The molecule has 156 valence electrons. The van der Waals surface area contributed by atoms with Crippen LogP contribution in [0.15, 0.2) is 64.5 Å². The number of aliphatic imine (C=N–C) groups is 1. The van der Waals surface area contributed by atoms with Crippen molar-refractivity contribution in [2.45, 2.75) is 18.4 Å². The van der Waals surface area contributed by atoms with Crippen LogP contribution in [0.5, 0.6) is 0 Å². The van der Waals surface area contributed by atoms with Gasteiger partial charge in [-0.3, -0.25) is 0 Å². The van der Waals surface area contributed by atoms with Gasteiger partial charge in [0.2, 0.25) is 10.0 Å². The number of guanidine groups is 1. The van der Waals surface area contributed by atoms with Gasteiger partial charge in [-0.05, 0) is 43.8 Å². The number of hydrogen-bond donors (Lipinski definition) is 2. The summed E-state index contributed by atoms with van der Waals surface area (Å²) in [5.74, 6) is 0.863. The summed E-state index contributed by atoms with van der Waals surface area (Å²) in [7, 11) is -2.04. The lowest BCUT2D eigenvalue weighted by Gasteiger charge is -2.37. The van der Waals surface area contributed by atoms with Crippen LogP contribution in [-0.2, 0) is 16.6 Å². The molecule has 8 heteroatoms. The number of sulfonamides is 1. The zero-order chi connectivity index (χ0) is 20.7. The van der Waals surface area contributed by atoms with Gasteiger partial charge in [-0.25, -0.2) is 18.1 Å². The van der Waals surface area contributed by atoms with E-state index in [9.17, 15) is 8.42 Å². The lowest BCUT2D eigenvalue weighted by molar-refractivity contribution is 0.372. The van der Waals surface area contributed by atoms with Crippen LogP contribution in [-0.4, -0.2) is 59.0 Å². The molecule has 1 saturated heterocycles. The third-order valence-corrected chi connectivity index (χ3v) is 6.34. The van der Waals surface area contributed by atoms with Gasteiger partial charge in [-0.2, -0.15) is 0 Å². The fraction of sp³-hybridized carbons (Fsp3) is 0.381. The van der Waals surface area contributed by atoms with Crippen LogP contribution in [0.1, 0.15) is 12.5 Å². The molecule has 1 fully saturated rings. The minimum Gasteiger partial charge on any atom is -0.368 e. The average molecular weight is 416 g/mol. The standard InChI is InChI=1S/C21H29N5O2S/c1-3-23-21(24-17-18-8-7-11-20(16-18)29(27,28)22-2)26-14-12-25(13-15-26)19-9-5-4-6-10-19/h4-11,16,22H,3,12-15,17H2,1-2H3,(H,23,24). The van der Waals surface area contributed by atoms with Crippen molar-refractivity contribution in [1.82, 2.24) is 14.9 Å². The summed E-state index contributed by atoms with van der Waals surface area (Å²) < 4.78 is 26.4. The summed E-state index contributed by atoms with van der Waals surface area (Å²) in [6.07, 6.45) is 0. The Hall–Kier alpha value is -2.58. The quantitative estimate of drug-likeness (QED) is 0.557. The van der Waals surface area contributed by atoms with Gasteiger partial charge < -0.3 is 15.1 Å². The van der Waals surface area contributed by atoms with Crippen LogP contribution in [0.2, 0.25) is 0 Å². The van der Waals surface area contributed by atoms with Crippen molar-refractivity contribution in [2.75, 3.05) is 44.7 Å². The first kappa shape index (κ1) is 21.1. The molecule has 2 aromatic rings. The van der Waals surface area contributed by atoms with Crippen LogP contribution in [0.25, 0.3) is 0 Å². The normalized spacial score (nSPS) is 15.4. The second kappa shape index (κ2) is 9.76. The number of para-hydroxylation sites is 1. The molecule has 1 aliphatic heterocycles. The number of piperazine rings is 1. The molecule has 0 unspecified atom stereocenters. The summed E-state index contributed by atoms with van der Waals surface area (Å²) in [4.78, 5) is 9.65. The number of benzene rings is 2. The molecule has 0 atom stereocenters. The molecule has 2 N–H and O–H groups in total. The highest BCUT2D eigenvalue weighted by Crippen LogP contribution is 2.16. The highest BCUT2D eigenvalue weighted by Gasteiger charge is 2.19. The maximum Gasteiger partial charge on any atom is 0.240 e. The highest BCUT2D eigenvalue weighted by molar-refractivity contribution is 7.89. The molecule has 0 radical (unpaired) electrons. The van der Waals surface area contributed by atoms with E-state index in [2.05, 4.69) is 51.0 Å². The van der Waals surface area contributed by atoms with Gasteiger partial charge >= 0.3 is 0 Å². The minimum absolute atomic E-state index is 0.258. The van der Waals surface area contributed by atoms with Crippen LogP contribution in [0.4, 0.5) is 5.69 Å². The smallest absolute Gasteiger partial charge is 0.240 e. The molecule has 1 aliphatic rings. The van der Waals surface area contributed by atoms with E-state index in [1.165, 1.54) is 12.7 Å². The topological polar surface area (TPSA) is 77.0 Å². The molecular weight excluding hydrogens is 386 g/mol. The Kier molecular flexibility index (Phi) is 7.11. The Morgan fingerprint density at radius 3 is 2.41 bits per heavy atom. The second-order valence-corrected chi connectivity index (χ2v) is 8.72. The number of rotatable bonds is 6. The predicted molar refractivity (Wildman–Crippen MR) is 118 cm³/mol. The van der Waals surface area contributed by atoms with Crippen molar-refractivity contribution >= 4 is 21.7 Å². The van der Waals surface area contributed by atoms with E-state index in [4.69, 9.17) is 4.99 Å². The molecule has 7 nitrogen and oxygen atoms in total. The predicted octanol–water partition coefficient (Wildman–Crippen LogP) is 1.88. The van der Waals surface area contributed by atoms with Crippen molar-refractivity contribution in [2.24, 2.45) is 4.99 Å². The molecule has 0 spiro atoms. The third kappa shape index (κ3) is 5.48. The third-order valence-electron chi connectivity index (χ3n) is 4.92. The van der Waals surface area contributed by atoms with E-state index in [1.807, 2.05) is 12.1 Å². The van der Waals surface area contributed by atoms with E-state index in [-0.39, 0.29) is 4.90 Å². The Labute approximate surface area is 173 Å². The second-order valence-electron chi connectivity index (χ2n) is 6.83. The van der Waals surface area contributed by atoms with E-state index in [0.717, 1.165) is 44.2 Å². The summed E-state index contributed by atoms with van der Waals surface area (Å²) in [5, 5.41) is 3.36. The van der Waals surface area contributed by atoms with E-state index in [0.29, 0.717) is 6.54 Å². The first-order valence-electron chi connectivity index (χ1n) is 9.89. The van der Waals surface area contributed by atoms with Gasteiger partial charge in [0.1, 0.15) is 0 Å². The van der Waals surface area contributed by atoms with Crippen LogP contribution in [0, 0.1) is 0 Å². The Bertz CT molecular complexity index is 923. The van der Waals surface area contributed by atoms with Gasteiger partial charge in [0.15, 0.2) is 5.96 Å².